The van der Waals surface area contributed by atoms with Crippen molar-refractivity contribution in [1.82, 2.24) is 15.0 Å². The highest BCUT2D eigenvalue weighted by atomic mass is 19.3. The lowest BCUT2D eigenvalue weighted by Gasteiger charge is -2.12. The number of non-ortho nitro benzene ring substituents is 1. The van der Waals surface area contributed by atoms with Gasteiger partial charge in [0.05, 0.1) is 4.92 Å². The summed E-state index contributed by atoms with van der Waals surface area (Å²) in [4.78, 5) is 21.9. The number of nitrogens with zero attached hydrogens (tertiary/aromatic N) is 4. The SMILES string of the molecule is CNc1nc(Nc2cccc([N+](=O)[O-])c2)nc(OCC(C)(F)F)n1. The van der Waals surface area contributed by atoms with Crippen LogP contribution in [0.4, 0.5) is 32.1 Å². The third kappa shape index (κ3) is 4.97. The standard InChI is InChI=1S/C13H14F2N6O3/c1-13(14,15)7-24-12-19-10(16-2)18-11(20-12)17-8-4-3-5-9(6-8)21(22)23/h3-6H,7H2,1-2H3,(H2,16,17,18,19,20). The van der Waals surface area contributed by atoms with Crippen LogP contribution < -0.4 is 15.4 Å². The Kier molecular flexibility index (Phi) is 5.02. The van der Waals surface area contributed by atoms with Crippen molar-refractivity contribution in [3.63, 3.8) is 0 Å². The zero-order chi connectivity index (χ0) is 17.7. The van der Waals surface area contributed by atoms with Gasteiger partial charge in [-0.2, -0.15) is 15.0 Å². The van der Waals surface area contributed by atoms with E-state index in [1.165, 1.54) is 25.2 Å². The fourth-order valence-electron chi connectivity index (χ4n) is 1.61. The minimum atomic E-state index is -3.04. The van der Waals surface area contributed by atoms with Crippen LogP contribution in [0.15, 0.2) is 24.3 Å². The fourth-order valence-corrected chi connectivity index (χ4v) is 1.61. The minimum absolute atomic E-state index is 0.00994. The zero-order valence-electron chi connectivity index (χ0n) is 12.8. The van der Waals surface area contributed by atoms with E-state index in [1.807, 2.05) is 0 Å². The molecule has 128 valence electrons. The Morgan fingerprint density at radius 1 is 1.29 bits per heavy atom. The number of benzene rings is 1. The van der Waals surface area contributed by atoms with Gasteiger partial charge >= 0.3 is 6.01 Å². The number of nitro groups is 1. The van der Waals surface area contributed by atoms with Crippen LogP contribution in [0.25, 0.3) is 0 Å². The topological polar surface area (TPSA) is 115 Å². The Labute approximate surface area is 135 Å². The number of halogens is 2. The molecule has 0 amide bonds. The Morgan fingerprint density at radius 2 is 2.00 bits per heavy atom. The maximum absolute atomic E-state index is 12.9. The zero-order valence-corrected chi connectivity index (χ0v) is 12.8. The van der Waals surface area contributed by atoms with E-state index in [0.29, 0.717) is 12.6 Å². The summed E-state index contributed by atoms with van der Waals surface area (Å²) >= 11 is 0. The number of alkyl halides is 2. The molecule has 24 heavy (non-hydrogen) atoms. The van der Waals surface area contributed by atoms with E-state index in [4.69, 9.17) is 4.74 Å². The first-order valence-electron chi connectivity index (χ1n) is 6.73. The Morgan fingerprint density at radius 3 is 2.62 bits per heavy atom. The lowest BCUT2D eigenvalue weighted by atomic mass is 10.3. The highest BCUT2D eigenvalue weighted by molar-refractivity contribution is 5.58. The molecule has 1 heterocycles. The summed E-state index contributed by atoms with van der Waals surface area (Å²) in [6.07, 6.45) is 0. The molecule has 0 aliphatic carbocycles. The Hall–Kier alpha value is -3.11. The number of hydrogen-bond acceptors (Lipinski definition) is 8. The average Bonchev–Trinajstić information content (AvgIpc) is 2.52. The molecule has 0 atom stereocenters. The summed E-state index contributed by atoms with van der Waals surface area (Å²) in [6, 6.07) is 5.36. The van der Waals surface area contributed by atoms with Crippen LogP contribution in [-0.2, 0) is 0 Å². The molecular weight excluding hydrogens is 326 g/mol. The summed E-state index contributed by atoms with van der Waals surface area (Å²) in [6.45, 7) is -0.189. The van der Waals surface area contributed by atoms with Crippen molar-refractivity contribution in [3.8, 4) is 6.01 Å². The first-order valence-corrected chi connectivity index (χ1v) is 6.73. The van der Waals surface area contributed by atoms with Crippen LogP contribution in [0, 0.1) is 10.1 Å². The molecule has 2 rings (SSSR count). The lowest BCUT2D eigenvalue weighted by Crippen LogP contribution is -2.22. The van der Waals surface area contributed by atoms with Crippen molar-refractivity contribution < 1.29 is 18.4 Å². The smallest absolute Gasteiger partial charge is 0.323 e. The second-order valence-electron chi connectivity index (χ2n) is 4.81. The van der Waals surface area contributed by atoms with Crippen molar-refractivity contribution >= 4 is 23.3 Å². The van der Waals surface area contributed by atoms with E-state index in [0.717, 1.165) is 0 Å². The van der Waals surface area contributed by atoms with Crippen molar-refractivity contribution in [2.45, 2.75) is 12.8 Å². The van der Waals surface area contributed by atoms with Crippen molar-refractivity contribution in [1.29, 1.82) is 0 Å². The van der Waals surface area contributed by atoms with Gasteiger partial charge in [0.25, 0.3) is 11.6 Å². The Bertz CT molecular complexity index is 738. The summed E-state index contributed by atoms with van der Waals surface area (Å²) in [5.74, 6) is -2.96. The molecule has 11 heteroatoms. The molecule has 0 bridgehead atoms. The minimum Gasteiger partial charge on any atom is -0.457 e. The molecule has 2 N–H and O–H groups in total. The lowest BCUT2D eigenvalue weighted by molar-refractivity contribution is -0.384. The second kappa shape index (κ2) is 6.98. The normalized spacial score (nSPS) is 11.0. The monoisotopic (exact) mass is 340 g/mol. The third-order valence-electron chi connectivity index (χ3n) is 2.61. The number of hydrogen-bond donors (Lipinski definition) is 2. The quantitative estimate of drug-likeness (QED) is 0.584. The first-order chi connectivity index (χ1) is 11.3. The molecular formula is C13H14F2N6O3. The molecule has 0 saturated carbocycles. The van der Waals surface area contributed by atoms with Crippen molar-refractivity contribution in [2.75, 3.05) is 24.3 Å². The maximum atomic E-state index is 12.9. The van der Waals surface area contributed by atoms with Gasteiger partial charge in [0.15, 0.2) is 6.61 Å². The van der Waals surface area contributed by atoms with Gasteiger partial charge < -0.3 is 15.4 Å². The van der Waals surface area contributed by atoms with Gasteiger partial charge in [-0.25, -0.2) is 8.78 Å². The molecule has 0 aliphatic heterocycles. The summed E-state index contributed by atoms with van der Waals surface area (Å²) in [5.41, 5.74) is 0.231. The molecule has 1 aromatic heterocycles. The second-order valence-corrected chi connectivity index (χ2v) is 4.81. The van der Waals surface area contributed by atoms with Crippen LogP contribution >= 0.6 is 0 Å². The van der Waals surface area contributed by atoms with Crippen LogP contribution in [0.3, 0.4) is 0 Å². The van der Waals surface area contributed by atoms with E-state index in [1.54, 1.807) is 6.07 Å². The highest BCUT2D eigenvalue weighted by Gasteiger charge is 2.23. The number of aromatic nitrogens is 3. The molecule has 9 nitrogen and oxygen atoms in total. The Balaban J connectivity index is 2.23. The van der Waals surface area contributed by atoms with Gasteiger partial charge in [-0.1, -0.05) is 6.07 Å². The molecule has 0 aliphatic rings. The molecule has 1 aromatic carbocycles. The van der Waals surface area contributed by atoms with Gasteiger partial charge in [0.1, 0.15) is 0 Å². The number of anilines is 3. The summed E-state index contributed by atoms with van der Waals surface area (Å²) in [7, 11) is 1.53. The van der Waals surface area contributed by atoms with Gasteiger partial charge in [-0.05, 0) is 6.07 Å². The summed E-state index contributed by atoms with van der Waals surface area (Å²) in [5, 5.41) is 16.2. The number of nitro benzene ring substituents is 1. The predicted octanol–water partition coefficient (Wildman–Crippen LogP) is 2.60. The third-order valence-corrected chi connectivity index (χ3v) is 2.61. The molecule has 0 saturated heterocycles. The van der Waals surface area contributed by atoms with E-state index < -0.39 is 17.5 Å². The van der Waals surface area contributed by atoms with E-state index in [2.05, 4.69) is 25.6 Å². The van der Waals surface area contributed by atoms with Gasteiger partial charge in [0.2, 0.25) is 11.9 Å². The number of rotatable bonds is 7. The largest absolute Gasteiger partial charge is 0.457 e. The number of nitrogens with one attached hydrogen (secondary N) is 2. The molecule has 0 spiro atoms. The van der Waals surface area contributed by atoms with Crippen LogP contribution in [0.1, 0.15) is 6.92 Å². The molecule has 0 radical (unpaired) electrons. The fraction of sp³-hybridized carbons (Fsp3) is 0.308. The molecule has 0 fully saturated rings. The van der Waals surface area contributed by atoms with Crippen LogP contribution in [0.2, 0.25) is 0 Å². The first kappa shape index (κ1) is 17.2. The van der Waals surface area contributed by atoms with Crippen molar-refractivity contribution in [3.05, 3.63) is 34.4 Å². The maximum Gasteiger partial charge on any atom is 0.323 e. The average molecular weight is 340 g/mol. The highest BCUT2D eigenvalue weighted by Crippen LogP contribution is 2.21. The predicted molar refractivity (Wildman–Crippen MR) is 81.9 cm³/mol. The van der Waals surface area contributed by atoms with Gasteiger partial charge in [0, 0.05) is 31.8 Å². The van der Waals surface area contributed by atoms with E-state index in [9.17, 15) is 18.9 Å². The van der Waals surface area contributed by atoms with Gasteiger partial charge in [-0.15, -0.1) is 0 Å². The molecule has 2 aromatic rings. The molecule has 0 unspecified atom stereocenters. The van der Waals surface area contributed by atoms with Crippen molar-refractivity contribution in [2.24, 2.45) is 0 Å². The van der Waals surface area contributed by atoms with Gasteiger partial charge in [-0.3, -0.25) is 10.1 Å². The van der Waals surface area contributed by atoms with E-state index >= 15 is 0 Å². The summed E-state index contributed by atoms with van der Waals surface area (Å²) < 4.78 is 30.6. The number of ether oxygens (including phenoxy) is 1. The van der Waals surface area contributed by atoms with E-state index in [-0.39, 0.29) is 23.6 Å². The van der Waals surface area contributed by atoms with Crippen LogP contribution in [-0.4, -0.2) is 39.5 Å². The van der Waals surface area contributed by atoms with Crippen LogP contribution in [0.5, 0.6) is 6.01 Å².